The topological polar surface area (TPSA) is 32.6 Å². The SMILES string of the molecule is OC1C(Cl)CC(Cl)CC1C=NCCSCC1CCCCC1Cl. The Bertz CT molecular complexity index is 358. The summed E-state index contributed by atoms with van der Waals surface area (Å²) >= 11 is 20.6. The second-order valence-electron chi connectivity index (χ2n) is 6.43. The number of nitrogens with zero attached hydrogens (tertiary/aromatic N) is 1. The van der Waals surface area contributed by atoms with Gasteiger partial charge in [-0.25, -0.2) is 0 Å². The Hall–Kier alpha value is 0.850. The third-order valence-electron chi connectivity index (χ3n) is 4.63. The predicted molar refractivity (Wildman–Crippen MR) is 100 cm³/mol. The Morgan fingerprint density at radius 1 is 1.09 bits per heavy atom. The maximum absolute atomic E-state index is 10.1. The maximum atomic E-state index is 10.1. The van der Waals surface area contributed by atoms with E-state index in [0.29, 0.717) is 17.7 Å². The van der Waals surface area contributed by atoms with Crippen molar-refractivity contribution in [3.05, 3.63) is 0 Å². The Labute approximate surface area is 153 Å². The highest BCUT2D eigenvalue weighted by Crippen LogP contribution is 2.32. The summed E-state index contributed by atoms with van der Waals surface area (Å²) in [4.78, 5) is 4.46. The highest BCUT2D eigenvalue weighted by Gasteiger charge is 2.33. The summed E-state index contributed by atoms with van der Waals surface area (Å²) < 4.78 is 0. The van der Waals surface area contributed by atoms with E-state index in [0.717, 1.165) is 24.5 Å². The molecular weight excluding hydrogens is 361 g/mol. The third kappa shape index (κ3) is 6.05. The monoisotopic (exact) mass is 385 g/mol. The number of aliphatic hydroxyl groups is 1. The Morgan fingerprint density at radius 3 is 2.64 bits per heavy atom. The molecule has 0 radical (unpaired) electrons. The molecule has 1 N–H and O–H groups in total. The van der Waals surface area contributed by atoms with Crippen molar-refractivity contribution in [2.24, 2.45) is 16.8 Å². The van der Waals surface area contributed by atoms with Crippen LogP contribution in [0.4, 0.5) is 0 Å². The van der Waals surface area contributed by atoms with E-state index in [1.165, 1.54) is 25.7 Å². The molecule has 2 aliphatic carbocycles. The van der Waals surface area contributed by atoms with E-state index in [1.807, 2.05) is 18.0 Å². The first-order valence-electron chi connectivity index (χ1n) is 8.26. The summed E-state index contributed by atoms with van der Waals surface area (Å²) in [5, 5.41) is 10.2. The molecule has 0 bridgehead atoms. The molecule has 0 amide bonds. The van der Waals surface area contributed by atoms with Gasteiger partial charge in [0.15, 0.2) is 0 Å². The van der Waals surface area contributed by atoms with Crippen LogP contribution in [0.15, 0.2) is 4.99 Å². The average Bonchev–Trinajstić information content (AvgIpc) is 2.49. The Morgan fingerprint density at radius 2 is 1.86 bits per heavy atom. The van der Waals surface area contributed by atoms with Crippen molar-refractivity contribution in [1.29, 1.82) is 0 Å². The molecule has 2 nitrogen and oxygen atoms in total. The van der Waals surface area contributed by atoms with E-state index in [2.05, 4.69) is 4.99 Å². The summed E-state index contributed by atoms with van der Waals surface area (Å²) in [6.45, 7) is 0.785. The normalized spacial score (nSPS) is 40.2. The summed E-state index contributed by atoms with van der Waals surface area (Å²) in [6.07, 6.45) is 7.82. The van der Waals surface area contributed by atoms with Crippen molar-refractivity contribution >= 4 is 52.8 Å². The van der Waals surface area contributed by atoms with Gasteiger partial charge in [0.25, 0.3) is 0 Å². The van der Waals surface area contributed by atoms with Gasteiger partial charge in [-0.1, -0.05) is 12.8 Å². The molecule has 0 aromatic carbocycles. The molecule has 6 unspecified atom stereocenters. The van der Waals surface area contributed by atoms with Crippen molar-refractivity contribution in [3.63, 3.8) is 0 Å². The highest BCUT2D eigenvalue weighted by atomic mass is 35.5. The van der Waals surface area contributed by atoms with Crippen molar-refractivity contribution in [3.8, 4) is 0 Å². The second-order valence-corrected chi connectivity index (χ2v) is 9.32. The first-order valence-corrected chi connectivity index (χ1v) is 10.7. The minimum atomic E-state index is -0.521. The lowest BCUT2D eigenvalue weighted by atomic mass is 9.86. The molecule has 2 fully saturated rings. The van der Waals surface area contributed by atoms with Gasteiger partial charge in [-0.05, 0) is 37.4 Å². The van der Waals surface area contributed by atoms with E-state index in [4.69, 9.17) is 34.8 Å². The number of hydrogen-bond acceptors (Lipinski definition) is 3. The highest BCUT2D eigenvalue weighted by molar-refractivity contribution is 7.99. The number of alkyl halides is 3. The number of thioether (sulfide) groups is 1. The van der Waals surface area contributed by atoms with Crippen molar-refractivity contribution < 1.29 is 5.11 Å². The minimum Gasteiger partial charge on any atom is -0.391 e. The fraction of sp³-hybridized carbons (Fsp3) is 0.938. The van der Waals surface area contributed by atoms with Crippen LogP contribution in [-0.2, 0) is 0 Å². The van der Waals surface area contributed by atoms with Crippen molar-refractivity contribution in [2.45, 2.75) is 60.8 Å². The lowest BCUT2D eigenvalue weighted by molar-refractivity contribution is 0.109. The largest absolute Gasteiger partial charge is 0.391 e. The zero-order chi connectivity index (χ0) is 15.9. The van der Waals surface area contributed by atoms with Crippen LogP contribution < -0.4 is 0 Å². The quantitative estimate of drug-likeness (QED) is 0.412. The van der Waals surface area contributed by atoms with Crippen LogP contribution in [-0.4, -0.2) is 51.6 Å². The molecule has 128 valence electrons. The molecule has 2 saturated carbocycles. The zero-order valence-electron chi connectivity index (χ0n) is 12.8. The van der Waals surface area contributed by atoms with E-state index in [-0.39, 0.29) is 16.7 Å². The number of halogens is 3. The van der Waals surface area contributed by atoms with Crippen LogP contribution in [0.3, 0.4) is 0 Å². The van der Waals surface area contributed by atoms with E-state index in [1.54, 1.807) is 0 Å². The van der Waals surface area contributed by atoms with Gasteiger partial charge in [0.05, 0.1) is 11.5 Å². The van der Waals surface area contributed by atoms with Crippen LogP contribution in [0.2, 0.25) is 0 Å². The molecule has 0 spiro atoms. The molecule has 2 aliphatic rings. The van der Waals surface area contributed by atoms with E-state index in [9.17, 15) is 5.11 Å². The van der Waals surface area contributed by atoms with Gasteiger partial charge in [-0.3, -0.25) is 4.99 Å². The lowest BCUT2D eigenvalue weighted by Crippen LogP contribution is -2.39. The van der Waals surface area contributed by atoms with Crippen LogP contribution >= 0.6 is 46.6 Å². The molecule has 0 heterocycles. The molecule has 0 saturated heterocycles. The van der Waals surface area contributed by atoms with Gasteiger partial charge in [0.1, 0.15) is 0 Å². The standard InChI is InChI=1S/C16H26Cl3NOS/c17-13-7-12(16(21)15(19)8-13)9-20-5-6-22-10-11-3-1-2-4-14(11)18/h9,11-16,21H,1-8,10H2. The number of rotatable bonds is 6. The molecule has 2 rings (SSSR count). The molecule has 6 atom stereocenters. The van der Waals surface area contributed by atoms with Crippen molar-refractivity contribution in [2.75, 3.05) is 18.1 Å². The van der Waals surface area contributed by atoms with E-state index < -0.39 is 6.10 Å². The first-order chi connectivity index (χ1) is 10.6. The van der Waals surface area contributed by atoms with Crippen LogP contribution in [0.25, 0.3) is 0 Å². The van der Waals surface area contributed by atoms with Gasteiger partial charge in [0.2, 0.25) is 0 Å². The molecule has 0 aliphatic heterocycles. The molecule has 0 aromatic heterocycles. The Kier molecular flexibility index (Phi) is 8.70. The summed E-state index contributed by atoms with van der Waals surface area (Å²) in [5.41, 5.74) is 0. The molecule has 0 aromatic rings. The summed E-state index contributed by atoms with van der Waals surface area (Å²) in [5.74, 6) is 2.81. The van der Waals surface area contributed by atoms with Gasteiger partial charge < -0.3 is 5.11 Å². The smallest absolute Gasteiger partial charge is 0.0782 e. The van der Waals surface area contributed by atoms with Gasteiger partial charge in [0, 0.05) is 35.2 Å². The van der Waals surface area contributed by atoms with Gasteiger partial charge in [-0.2, -0.15) is 11.8 Å². The molecule has 6 heteroatoms. The van der Waals surface area contributed by atoms with Gasteiger partial charge >= 0.3 is 0 Å². The summed E-state index contributed by atoms with van der Waals surface area (Å²) in [6, 6.07) is 0. The maximum Gasteiger partial charge on any atom is 0.0782 e. The Balaban J connectivity index is 1.61. The van der Waals surface area contributed by atoms with Crippen LogP contribution in [0.1, 0.15) is 38.5 Å². The number of hydrogen-bond donors (Lipinski definition) is 1. The third-order valence-corrected chi connectivity index (χ3v) is 7.13. The predicted octanol–water partition coefficient (Wildman–Crippen LogP) is 4.57. The number of aliphatic imine (C=N–C) groups is 1. The molecular formula is C16H26Cl3NOS. The zero-order valence-corrected chi connectivity index (χ0v) is 15.9. The van der Waals surface area contributed by atoms with Crippen LogP contribution in [0, 0.1) is 11.8 Å². The van der Waals surface area contributed by atoms with Crippen LogP contribution in [0.5, 0.6) is 0 Å². The van der Waals surface area contributed by atoms with E-state index >= 15 is 0 Å². The van der Waals surface area contributed by atoms with Gasteiger partial charge in [-0.15, -0.1) is 34.8 Å². The fourth-order valence-electron chi connectivity index (χ4n) is 3.24. The summed E-state index contributed by atoms with van der Waals surface area (Å²) in [7, 11) is 0. The fourth-order valence-corrected chi connectivity index (χ4v) is 5.71. The van der Waals surface area contributed by atoms with Crippen molar-refractivity contribution in [1.82, 2.24) is 0 Å². The minimum absolute atomic E-state index is 0.00526. The lowest BCUT2D eigenvalue weighted by Gasteiger charge is -2.31. The first kappa shape index (κ1) is 19.2. The second kappa shape index (κ2) is 9.98. The average molecular weight is 387 g/mol. The molecule has 22 heavy (non-hydrogen) atoms. The number of aliphatic hydroxyl groups excluding tert-OH is 1.